The highest BCUT2D eigenvalue weighted by Crippen LogP contribution is 2.17. The molecule has 0 aliphatic carbocycles. The molecule has 0 bridgehead atoms. The average molecular weight is 237 g/mol. The van der Waals surface area contributed by atoms with E-state index < -0.39 is 0 Å². The second-order valence-electron chi connectivity index (χ2n) is 3.78. The number of hydrogen-bond donors (Lipinski definition) is 1. The number of nitriles is 1. The molecule has 1 N–H and O–H groups in total. The summed E-state index contributed by atoms with van der Waals surface area (Å²) in [7, 11) is 0. The summed E-state index contributed by atoms with van der Waals surface area (Å²) in [5.74, 6) is 0. The minimum atomic E-state index is -0.254. The third-order valence-electron chi connectivity index (χ3n) is 2.44. The quantitative estimate of drug-likeness (QED) is 0.765. The number of nitrogens with one attached hydrogen (secondary N) is 1. The van der Waals surface area contributed by atoms with E-state index in [4.69, 9.17) is 16.9 Å². The van der Waals surface area contributed by atoms with E-state index in [0.29, 0.717) is 5.02 Å². The zero-order valence-electron chi connectivity index (χ0n) is 9.54. The summed E-state index contributed by atoms with van der Waals surface area (Å²) in [5.41, 5.74) is 0.937. The molecule has 0 fully saturated rings. The van der Waals surface area contributed by atoms with Gasteiger partial charge in [-0.05, 0) is 30.7 Å². The van der Waals surface area contributed by atoms with Crippen LogP contribution in [-0.4, -0.2) is 6.54 Å². The van der Waals surface area contributed by atoms with Gasteiger partial charge in [0.2, 0.25) is 0 Å². The van der Waals surface area contributed by atoms with E-state index in [0.717, 1.165) is 18.5 Å². The van der Waals surface area contributed by atoms with Crippen LogP contribution in [0.3, 0.4) is 0 Å². The number of unbranched alkanes of at least 4 members (excludes halogenated alkanes) is 2. The van der Waals surface area contributed by atoms with Gasteiger partial charge in [-0.2, -0.15) is 5.26 Å². The van der Waals surface area contributed by atoms with Crippen molar-refractivity contribution in [1.29, 1.82) is 5.26 Å². The first-order valence-electron chi connectivity index (χ1n) is 5.66. The molecule has 1 aromatic rings. The van der Waals surface area contributed by atoms with E-state index in [1.54, 1.807) is 0 Å². The standard InChI is InChI=1S/C13H17ClN2/c1-2-3-4-8-16-13(10-15)11-6-5-7-12(14)9-11/h5-7,9,13,16H,2-4,8H2,1H3. The third kappa shape index (κ3) is 4.22. The van der Waals surface area contributed by atoms with Crippen LogP contribution in [0.4, 0.5) is 0 Å². The molecule has 1 aromatic carbocycles. The van der Waals surface area contributed by atoms with Gasteiger partial charge in [-0.3, -0.25) is 5.32 Å². The van der Waals surface area contributed by atoms with Crippen LogP contribution in [0.1, 0.15) is 37.8 Å². The first-order chi connectivity index (χ1) is 7.77. The van der Waals surface area contributed by atoms with Gasteiger partial charge in [0.25, 0.3) is 0 Å². The minimum absolute atomic E-state index is 0.254. The Balaban J connectivity index is 2.51. The van der Waals surface area contributed by atoms with Gasteiger partial charge in [-0.25, -0.2) is 0 Å². The van der Waals surface area contributed by atoms with Crippen molar-refractivity contribution in [3.05, 3.63) is 34.9 Å². The van der Waals surface area contributed by atoms with Crippen molar-refractivity contribution in [2.45, 2.75) is 32.2 Å². The predicted molar refractivity (Wildman–Crippen MR) is 67.3 cm³/mol. The van der Waals surface area contributed by atoms with E-state index in [1.165, 1.54) is 12.8 Å². The summed E-state index contributed by atoms with van der Waals surface area (Å²) in [6.07, 6.45) is 3.49. The summed E-state index contributed by atoms with van der Waals surface area (Å²) in [4.78, 5) is 0. The maximum absolute atomic E-state index is 9.07. The second kappa shape index (κ2) is 7.27. The molecular formula is C13H17ClN2. The molecule has 0 radical (unpaired) electrons. The number of nitrogens with zero attached hydrogens (tertiary/aromatic N) is 1. The summed E-state index contributed by atoms with van der Waals surface area (Å²) in [6.45, 7) is 3.04. The lowest BCUT2D eigenvalue weighted by molar-refractivity contribution is 0.581. The van der Waals surface area contributed by atoms with Crippen molar-refractivity contribution in [2.75, 3.05) is 6.54 Å². The molecule has 3 heteroatoms. The molecule has 0 aliphatic heterocycles. The second-order valence-corrected chi connectivity index (χ2v) is 4.21. The van der Waals surface area contributed by atoms with Crippen molar-refractivity contribution in [3.8, 4) is 6.07 Å². The summed E-state index contributed by atoms with van der Waals surface area (Å²) < 4.78 is 0. The number of benzene rings is 1. The van der Waals surface area contributed by atoms with E-state index in [-0.39, 0.29) is 6.04 Å². The molecule has 0 heterocycles. The lowest BCUT2D eigenvalue weighted by Crippen LogP contribution is -2.21. The van der Waals surface area contributed by atoms with Crippen molar-refractivity contribution < 1.29 is 0 Å². The minimum Gasteiger partial charge on any atom is -0.298 e. The number of rotatable bonds is 6. The molecule has 1 rings (SSSR count). The highest BCUT2D eigenvalue weighted by atomic mass is 35.5. The lowest BCUT2D eigenvalue weighted by atomic mass is 10.1. The SMILES string of the molecule is CCCCCNC(C#N)c1cccc(Cl)c1. The molecular weight excluding hydrogens is 220 g/mol. The summed E-state index contributed by atoms with van der Waals surface area (Å²) in [6, 6.07) is 9.44. The Kier molecular flexibility index (Phi) is 5.92. The number of halogens is 1. The molecule has 0 spiro atoms. The molecule has 1 unspecified atom stereocenters. The number of hydrogen-bond acceptors (Lipinski definition) is 2. The van der Waals surface area contributed by atoms with E-state index >= 15 is 0 Å². The highest BCUT2D eigenvalue weighted by molar-refractivity contribution is 6.30. The van der Waals surface area contributed by atoms with Crippen LogP contribution in [0.25, 0.3) is 0 Å². The fraction of sp³-hybridized carbons (Fsp3) is 0.462. The van der Waals surface area contributed by atoms with Gasteiger partial charge in [0.15, 0.2) is 0 Å². The summed E-state index contributed by atoms with van der Waals surface area (Å²) in [5, 5.41) is 13.0. The molecule has 86 valence electrons. The largest absolute Gasteiger partial charge is 0.298 e. The average Bonchev–Trinajstić information content (AvgIpc) is 2.29. The summed E-state index contributed by atoms with van der Waals surface area (Å²) >= 11 is 5.89. The zero-order chi connectivity index (χ0) is 11.8. The van der Waals surface area contributed by atoms with Crippen LogP contribution in [0.2, 0.25) is 5.02 Å². The van der Waals surface area contributed by atoms with Crippen LogP contribution in [0, 0.1) is 11.3 Å². The van der Waals surface area contributed by atoms with E-state index in [1.807, 2.05) is 24.3 Å². The van der Waals surface area contributed by atoms with Crippen molar-refractivity contribution in [3.63, 3.8) is 0 Å². The fourth-order valence-corrected chi connectivity index (χ4v) is 1.74. The fourth-order valence-electron chi connectivity index (χ4n) is 1.55. The van der Waals surface area contributed by atoms with E-state index in [2.05, 4.69) is 18.3 Å². The van der Waals surface area contributed by atoms with Crippen molar-refractivity contribution in [2.24, 2.45) is 0 Å². The molecule has 0 amide bonds. The molecule has 16 heavy (non-hydrogen) atoms. The van der Waals surface area contributed by atoms with Gasteiger partial charge in [0.05, 0.1) is 6.07 Å². The van der Waals surface area contributed by atoms with Gasteiger partial charge in [-0.1, -0.05) is 43.5 Å². The topological polar surface area (TPSA) is 35.8 Å². The van der Waals surface area contributed by atoms with Crippen LogP contribution in [0.15, 0.2) is 24.3 Å². The predicted octanol–water partition coefficient (Wildman–Crippen LogP) is 3.68. The molecule has 0 saturated heterocycles. The molecule has 0 aromatic heterocycles. The lowest BCUT2D eigenvalue weighted by Gasteiger charge is -2.11. The first kappa shape index (κ1) is 13.0. The van der Waals surface area contributed by atoms with Crippen LogP contribution in [0.5, 0.6) is 0 Å². The Hall–Kier alpha value is -1.04. The normalized spacial score (nSPS) is 12.1. The molecule has 1 atom stereocenters. The van der Waals surface area contributed by atoms with Gasteiger partial charge in [0, 0.05) is 5.02 Å². The Morgan fingerprint density at radius 2 is 2.25 bits per heavy atom. The monoisotopic (exact) mass is 236 g/mol. The maximum atomic E-state index is 9.07. The Morgan fingerprint density at radius 1 is 1.44 bits per heavy atom. The third-order valence-corrected chi connectivity index (χ3v) is 2.67. The molecule has 0 saturated carbocycles. The van der Waals surface area contributed by atoms with E-state index in [9.17, 15) is 0 Å². The van der Waals surface area contributed by atoms with Crippen molar-refractivity contribution in [1.82, 2.24) is 5.32 Å². The molecule has 0 aliphatic rings. The Labute approximate surface area is 102 Å². The van der Waals surface area contributed by atoms with Gasteiger partial charge >= 0.3 is 0 Å². The van der Waals surface area contributed by atoms with Crippen LogP contribution in [-0.2, 0) is 0 Å². The smallest absolute Gasteiger partial charge is 0.121 e. The van der Waals surface area contributed by atoms with Gasteiger partial charge in [0.1, 0.15) is 6.04 Å². The van der Waals surface area contributed by atoms with Crippen LogP contribution >= 0.6 is 11.6 Å². The van der Waals surface area contributed by atoms with Gasteiger partial charge in [-0.15, -0.1) is 0 Å². The first-order valence-corrected chi connectivity index (χ1v) is 6.04. The van der Waals surface area contributed by atoms with Gasteiger partial charge < -0.3 is 0 Å². The Bertz CT molecular complexity index is 357. The van der Waals surface area contributed by atoms with Crippen LogP contribution < -0.4 is 5.32 Å². The van der Waals surface area contributed by atoms with Crippen molar-refractivity contribution >= 4 is 11.6 Å². The highest BCUT2D eigenvalue weighted by Gasteiger charge is 2.08. The maximum Gasteiger partial charge on any atom is 0.121 e. The zero-order valence-corrected chi connectivity index (χ0v) is 10.3. The molecule has 2 nitrogen and oxygen atoms in total. The Morgan fingerprint density at radius 3 is 2.88 bits per heavy atom.